The predicted molar refractivity (Wildman–Crippen MR) is 68.8 cm³/mol. The molecule has 2 rings (SSSR count). The van der Waals surface area contributed by atoms with Crippen LogP contribution in [-0.2, 0) is 4.79 Å². The van der Waals surface area contributed by atoms with Gasteiger partial charge in [0.2, 0.25) is 0 Å². The molecule has 0 aromatic carbocycles. The molecule has 1 N–H and O–H groups in total. The second-order valence-corrected chi connectivity index (χ2v) is 5.80. The van der Waals surface area contributed by atoms with E-state index in [0.29, 0.717) is 5.92 Å². The third kappa shape index (κ3) is 2.41. The smallest absolute Gasteiger partial charge is 0.310 e. The lowest BCUT2D eigenvalue weighted by Crippen LogP contribution is -2.42. The minimum Gasteiger partial charge on any atom is -0.481 e. The van der Waals surface area contributed by atoms with Crippen LogP contribution in [0, 0.1) is 17.3 Å². The fraction of sp³-hybridized carbons (Fsp3) is 0.800. The highest BCUT2D eigenvalue weighted by Crippen LogP contribution is 2.49. The maximum atomic E-state index is 11.8. The van der Waals surface area contributed by atoms with Gasteiger partial charge in [-0.15, -0.1) is 0 Å². The van der Waals surface area contributed by atoms with Crippen LogP contribution in [-0.4, -0.2) is 11.1 Å². The average molecular weight is 236 g/mol. The van der Waals surface area contributed by atoms with E-state index in [2.05, 4.69) is 19.1 Å². The van der Waals surface area contributed by atoms with Gasteiger partial charge in [0.25, 0.3) is 0 Å². The molecular weight excluding hydrogens is 212 g/mol. The fourth-order valence-corrected chi connectivity index (χ4v) is 3.74. The molecule has 2 heteroatoms. The van der Waals surface area contributed by atoms with Crippen molar-refractivity contribution in [1.82, 2.24) is 0 Å². The zero-order chi connectivity index (χ0) is 12.3. The summed E-state index contributed by atoms with van der Waals surface area (Å²) in [6.07, 6.45) is 13.0. The van der Waals surface area contributed by atoms with Crippen LogP contribution in [0.25, 0.3) is 0 Å². The Morgan fingerprint density at radius 2 is 2.24 bits per heavy atom. The van der Waals surface area contributed by atoms with Gasteiger partial charge in [-0.25, -0.2) is 0 Å². The highest BCUT2D eigenvalue weighted by Gasteiger charge is 2.47. The zero-order valence-corrected chi connectivity index (χ0v) is 10.8. The van der Waals surface area contributed by atoms with E-state index >= 15 is 0 Å². The van der Waals surface area contributed by atoms with Gasteiger partial charge in [-0.3, -0.25) is 4.79 Å². The maximum Gasteiger partial charge on any atom is 0.310 e. The molecule has 0 amide bonds. The summed E-state index contributed by atoms with van der Waals surface area (Å²) in [6, 6.07) is 0. The number of carbonyl (C=O) groups is 1. The van der Waals surface area contributed by atoms with Crippen molar-refractivity contribution >= 4 is 5.97 Å². The molecule has 1 fully saturated rings. The molecule has 0 aromatic rings. The van der Waals surface area contributed by atoms with E-state index in [4.69, 9.17) is 0 Å². The topological polar surface area (TPSA) is 37.3 Å². The van der Waals surface area contributed by atoms with E-state index < -0.39 is 11.4 Å². The lowest BCUT2D eigenvalue weighted by molar-refractivity contribution is -0.155. The Morgan fingerprint density at radius 3 is 2.82 bits per heavy atom. The first kappa shape index (κ1) is 12.7. The van der Waals surface area contributed by atoms with Crippen LogP contribution < -0.4 is 0 Å². The Kier molecular flexibility index (Phi) is 3.90. The number of aliphatic carboxylic acids is 1. The Balaban J connectivity index is 2.21. The molecular formula is C15H24O2. The van der Waals surface area contributed by atoms with Crippen molar-refractivity contribution in [3.05, 3.63) is 12.2 Å². The second kappa shape index (κ2) is 5.24. The monoisotopic (exact) mass is 236 g/mol. The van der Waals surface area contributed by atoms with Crippen molar-refractivity contribution in [3.63, 3.8) is 0 Å². The largest absolute Gasteiger partial charge is 0.481 e. The minimum atomic E-state index is -0.549. The number of hydrogen-bond donors (Lipinski definition) is 1. The SMILES string of the molecule is CCC1CCCC(C(=O)O)(C2C=CCCC2)C1. The number of allylic oxidation sites excluding steroid dienone is 2. The lowest BCUT2D eigenvalue weighted by atomic mass is 9.60. The van der Waals surface area contributed by atoms with Crippen LogP contribution in [0.3, 0.4) is 0 Å². The molecule has 0 radical (unpaired) electrons. The molecule has 0 spiro atoms. The molecule has 2 aliphatic carbocycles. The first-order valence-electron chi connectivity index (χ1n) is 7.09. The van der Waals surface area contributed by atoms with E-state index in [0.717, 1.165) is 44.9 Å². The first-order chi connectivity index (χ1) is 8.19. The van der Waals surface area contributed by atoms with Crippen LogP contribution in [0.2, 0.25) is 0 Å². The van der Waals surface area contributed by atoms with Gasteiger partial charge in [0.15, 0.2) is 0 Å². The van der Waals surface area contributed by atoms with Crippen molar-refractivity contribution in [2.24, 2.45) is 17.3 Å². The van der Waals surface area contributed by atoms with Crippen LogP contribution in [0.15, 0.2) is 12.2 Å². The third-order valence-corrected chi connectivity index (χ3v) is 4.86. The summed E-state index contributed by atoms with van der Waals surface area (Å²) in [5.74, 6) is 0.352. The minimum absolute atomic E-state index is 0.281. The molecule has 17 heavy (non-hydrogen) atoms. The van der Waals surface area contributed by atoms with E-state index in [-0.39, 0.29) is 5.92 Å². The van der Waals surface area contributed by atoms with Crippen LogP contribution >= 0.6 is 0 Å². The third-order valence-electron chi connectivity index (χ3n) is 4.86. The Bertz CT molecular complexity index is 308. The van der Waals surface area contributed by atoms with Crippen molar-refractivity contribution in [3.8, 4) is 0 Å². The summed E-state index contributed by atoms with van der Waals surface area (Å²) in [7, 11) is 0. The van der Waals surface area contributed by atoms with E-state index in [1.807, 2.05) is 0 Å². The van der Waals surface area contributed by atoms with E-state index in [9.17, 15) is 9.90 Å². The molecule has 0 aliphatic heterocycles. The van der Waals surface area contributed by atoms with E-state index in [1.165, 1.54) is 6.42 Å². The summed E-state index contributed by atoms with van der Waals surface area (Å²) in [5.41, 5.74) is -0.449. The van der Waals surface area contributed by atoms with E-state index in [1.54, 1.807) is 0 Å². The normalized spacial score (nSPS) is 37.9. The first-order valence-corrected chi connectivity index (χ1v) is 7.09. The summed E-state index contributed by atoms with van der Waals surface area (Å²) in [4.78, 5) is 11.8. The fourth-order valence-electron chi connectivity index (χ4n) is 3.74. The molecule has 2 aliphatic rings. The van der Waals surface area contributed by atoms with Gasteiger partial charge >= 0.3 is 5.97 Å². The molecule has 0 aromatic heterocycles. The Labute approximate surface area is 104 Å². The quantitative estimate of drug-likeness (QED) is 0.752. The van der Waals surface area contributed by atoms with Crippen LogP contribution in [0.1, 0.15) is 58.3 Å². The molecule has 3 unspecified atom stereocenters. The molecule has 0 saturated heterocycles. The number of rotatable bonds is 3. The van der Waals surface area contributed by atoms with Gasteiger partial charge < -0.3 is 5.11 Å². The lowest BCUT2D eigenvalue weighted by Gasteiger charge is -2.43. The highest BCUT2D eigenvalue weighted by atomic mass is 16.4. The summed E-state index contributed by atoms with van der Waals surface area (Å²) in [6.45, 7) is 2.19. The second-order valence-electron chi connectivity index (χ2n) is 5.80. The van der Waals surface area contributed by atoms with Crippen LogP contribution in [0.5, 0.6) is 0 Å². The molecule has 0 bridgehead atoms. The van der Waals surface area contributed by atoms with Crippen molar-refractivity contribution in [2.75, 3.05) is 0 Å². The van der Waals surface area contributed by atoms with Gasteiger partial charge in [0.1, 0.15) is 0 Å². The molecule has 1 saturated carbocycles. The number of hydrogen-bond acceptors (Lipinski definition) is 1. The summed E-state index contributed by atoms with van der Waals surface area (Å²) < 4.78 is 0. The van der Waals surface area contributed by atoms with Gasteiger partial charge in [0.05, 0.1) is 5.41 Å². The number of carboxylic acid groups (broad SMARTS) is 1. The Morgan fingerprint density at radius 1 is 1.41 bits per heavy atom. The molecule has 0 heterocycles. The zero-order valence-electron chi connectivity index (χ0n) is 10.8. The van der Waals surface area contributed by atoms with Crippen LogP contribution in [0.4, 0.5) is 0 Å². The highest BCUT2D eigenvalue weighted by molar-refractivity contribution is 5.75. The maximum absolute atomic E-state index is 11.8. The summed E-state index contributed by atoms with van der Waals surface area (Å²) in [5, 5.41) is 9.72. The average Bonchev–Trinajstić information content (AvgIpc) is 2.39. The van der Waals surface area contributed by atoms with Crippen molar-refractivity contribution in [2.45, 2.75) is 58.3 Å². The van der Waals surface area contributed by atoms with Gasteiger partial charge in [-0.1, -0.05) is 38.3 Å². The molecule has 2 nitrogen and oxygen atoms in total. The van der Waals surface area contributed by atoms with Crippen molar-refractivity contribution < 1.29 is 9.90 Å². The Hall–Kier alpha value is -0.790. The summed E-state index contributed by atoms with van der Waals surface area (Å²) >= 11 is 0. The van der Waals surface area contributed by atoms with Gasteiger partial charge in [0, 0.05) is 0 Å². The predicted octanol–water partition coefficient (Wildman–Crippen LogP) is 4.01. The number of carboxylic acids is 1. The molecule has 96 valence electrons. The van der Waals surface area contributed by atoms with Crippen molar-refractivity contribution in [1.29, 1.82) is 0 Å². The van der Waals surface area contributed by atoms with Gasteiger partial charge in [-0.05, 0) is 43.9 Å². The molecule has 3 atom stereocenters. The van der Waals surface area contributed by atoms with Gasteiger partial charge in [-0.2, -0.15) is 0 Å². The standard InChI is InChI=1S/C15H24O2/c1-2-12-7-6-10-15(11-12,14(16)17)13-8-4-3-5-9-13/h4,8,12-13H,2-3,5-7,9-11H2,1H3,(H,16,17).